The monoisotopic (exact) mass is 341 g/mol. The molecule has 0 saturated carbocycles. The Labute approximate surface area is 145 Å². The van der Waals surface area contributed by atoms with E-state index in [1.807, 2.05) is 31.2 Å². The van der Waals surface area contributed by atoms with Gasteiger partial charge in [-0.25, -0.2) is 0 Å². The highest BCUT2D eigenvalue weighted by Crippen LogP contribution is 2.34. The van der Waals surface area contributed by atoms with Gasteiger partial charge < -0.3 is 15.5 Å². The van der Waals surface area contributed by atoms with Gasteiger partial charge in [0, 0.05) is 21.4 Å². The van der Waals surface area contributed by atoms with Gasteiger partial charge in [0.15, 0.2) is 5.82 Å². The van der Waals surface area contributed by atoms with Gasteiger partial charge in [-0.2, -0.15) is 5.10 Å². The van der Waals surface area contributed by atoms with E-state index in [0.29, 0.717) is 22.1 Å². The Morgan fingerprint density at radius 3 is 2.58 bits per heavy atom. The molecular formula is C17H17BClN3O2. The number of aryl methyl sites for hydroxylation is 1. The lowest BCUT2D eigenvalue weighted by Gasteiger charge is -2.14. The zero-order valence-corrected chi connectivity index (χ0v) is 14.4. The van der Waals surface area contributed by atoms with E-state index < -0.39 is 6.92 Å². The number of ether oxygens (including phenoxy) is 1. The number of anilines is 1. The molecule has 0 saturated heterocycles. The van der Waals surface area contributed by atoms with E-state index in [0.717, 1.165) is 27.6 Å². The lowest BCUT2D eigenvalue weighted by atomic mass is 9.64. The molecule has 0 aliphatic heterocycles. The number of nitrogens with zero attached hydrogens (tertiary/aromatic N) is 2. The Kier molecular flexibility index (Phi) is 4.34. The van der Waals surface area contributed by atoms with Crippen LogP contribution >= 0.6 is 11.6 Å². The first-order valence-corrected chi connectivity index (χ1v) is 7.88. The molecule has 0 amide bonds. The molecule has 7 heteroatoms. The minimum atomic E-state index is -0.675. The smallest absolute Gasteiger partial charge is 0.321 e. The fraction of sp³-hybridized carbons (Fsp3) is 0.176. The third-order valence-corrected chi connectivity index (χ3v) is 4.40. The van der Waals surface area contributed by atoms with Gasteiger partial charge in [-0.3, -0.25) is 0 Å². The number of rotatable bonds is 3. The minimum Gasteiger partial charge on any atom is -0.496 e. The van der Waals surface area contributed by atoms with Gasteiger partial charge in [-0.1, -0.05) is 30.6 Å². The summed E-state index contributed by atoms with van der Waals surface area (Å²) in [6.07, 6.45) is 0. The number of methoxy groups -OCH3 is 1. The summed E-state index contributed by atoms with van der Waals surface area (Å²) in [5.41, 5.74) is 9.12. The van der Waals surface area contributed by atoms with Crippen LogP contribution in [0.1, 0.15) is 5.69 Å². The predicted octanol–water partition coefficient (Wildman–Crippen LogP) is 2.67. The molecule has 1 heterocycles. The average molecular weight is 342 g/mol. The lowest BCUT2D eigenvalue weighted by molar-refractivity contribution is 0.416. The fourth-order valence-electron chi connectivity index (χ4n) is 2.76. The van der Waals surface area contributed by atoms with Crippen molar-refractivity contribution >= 4 is 40.6 Å². The van der Waals surface area contributed by atoms with Crippen LogP contribution < -0.4 is 15.9 Å². The fourth-order valence-corrected chi connectivity index (χ4v) is 3.07. The lowest BCUT2D eigenvalue weighted by Crippen LogP contribution is -2.27. The van der Waals surface area contributed by atoms with E-state index >= 15 is 0 Å². The van der Waals surface area contributed by atoms with Gasteiger partial charge >= 0.3 is 6.92 Å². The zero-order valence-electron chi connectivity index (χ0n) is 13.7. The van der Waals surface area contributed by atoms with Crippen LogP contribution in [-0.2, 0) is 0 Å². The van der Waals surface area contributed by atoms with Crippen molar-refractivity contribution in [2.45, 2.75) is 13.7 Å². The number of benzene rings is 2. The molecule has 0 radical (unpaired) electrons. The van der Waals surface area contributed by atoms with Crippen LogP contribution in [0.2, 0.25) is 11.8 Å². The van der Waals surface area contributed by atoms with E-state index in [1.54, 1.807) is 20.0 Å². The third kappa shape index (κ3) is 2.79. The van der Waals surface area contributed by atoms with Crippen LogP contribution in [0, 0.1) is 6.92 Å². The van der Waals surface area contributed by atoms with Gasteiger partial charge in [-0.05, 0) is 36.1 Å². The molecule has 0 fully saturated rings. The third-order valence-electron chi connectivity index (χ3n) is 4.07. The second-order valence-corrected chi connectivity index (χ2v) is 6.09. The molecule has 1 aromatic heterocycles. The van der Waals surface area contributed by atoms with Crippen LogP contribution in [0.5, 0.6) is 5.75 Å². The number of fused-ring (bicyclic) bond motifs is 1. The molecule has 0 spiro atoms. The summed E-state index contributed by atoms with van der Waals surface area (Å²) in [6.45, 7) is 2.89. The first kappa shape index (κ1) is 16.5. The summed E-state index contributed by atoms with van der Waals surface area (Å²) >= 11 is 6.23. The molecule has 3 aromatic rings. The van der Waals surface area contributed by atoms with E-state index in [9.17, 15) is 5.02 Å². The minimum absolute atomic E-state index is 0.398. The van der Waals surface area contributed by atoms with Gasteiger partial charge in [0.1, 0.15) is 5.75 Å². The van der Waals surface area contributed by atoms with Crippen LogP contribution in [0.4, 0.5) is 5.82 Å². The Bertz CT molecular complexity index is 931. The largest absolute Gasteiger partial charge is 0.496 e. The molecule has 0 unspecified atom stereocenters. The molecule has 0 aliphatic carbocycles. The maximum atomic E-state index is 9.93. The molecular weight excluding hydrogens is 324 g/mol. The van der Waals surface area contributed by atoms with E-state index in [1.165, 1.54) is 0 Å². The molecule has 5 nitrogen and oxygen atoms in total. The van der Waals surface area contributed by atoms with Crippen molar-refractivity contribution < 1.29 is 9.76 Å². The van der Waals surface area contributed by atoms with Crippen LogP contribution in [0.3, 0.4) is 0 Å². The number of nitrogen functional groups attached to an aromatic ring is 1. The zero-order chi connectivity index (χ0) is 17.4. The Morgan fingerprint density at radius 1 is 1.17 bits per heavy atom. The maximum Gasteiger partial charge on any atom is 0.321 e. The molecule has 0 aliphatic rings. The van der Waals surface area contributed by atoms with Gasteiger partial charge in [0.2, 0.25) is 0 Å². The average Bonchev–Trinajstić information content (AvgIpc) is 2.57. The number of aromatic nitrogens is 2. The normalized spacial score (nSPS) is 10.9. The van der Waals surface area contributed by atoms with Gasteiger partial charge in [0.05, 0.1) is 12.8 Å². The van der Waals surface area contributed by atoms with Crippen molar-refractivity contribution in [2.24, 2.45) is 0 Å². The Morgan fingerprint density at radius 2 is 1.92 bits per heavy atom. The van der Waals surface area contributed by atoms with Crippen molar-refractivity contribution in [3.63, 3.8) is 0 Å². The summed E-state index contributed by atoms with van der Waals surface area (Å²) in [5, 5.41) is 20.2. The molecule has 0 atom stereocenters. The quantitative estimate of drug-likeness (QED) is 0.716. The van der Waals surface area contributed by atoms with Crippen molar-refractivity contribution in [3.05, 3.63) is 41.0 Å². The molecule has 0 bridgehead atoms. The molecule has 3 N–H and O–H groups in total. The Hall–Kier alpha value is -2.31. The van der Waals surface area contributed by atoms with E-state index in [4.69, 9.17) is 22.1 Å². The molecule has 2 aromatic carbocycles. The first-order chi connectivity index (χ1) is 11.4. The second kappa shape index (κ2) is 6.30. The van der Waals surface area contributed by atoms with Crippen LogP contribution in [0.15, 0.2) is 30.3 Å². The highest BCUT2D eigenvalue weighted by molar-refractivity contribution is 6.68. The van der Waals surface area contributed by atoms with E-state index in [2.05, 4.69) is 10.2 Å². The van der Waals surface area contributed by atoms with Crippen LogP contribution in [0.25, 0.3) is 21.9 Å². The number of hydrogen-bond acceptors (Lipinski definition) is 5. The Balaban J connectivity index is 2.27. The van der Waals surface area contributed by atoms with Crippen molar-refractivity contribution in [1.29, 1.82) is 0 Å². The number of hydrogen-bond donors (Lipinski definition) is 2. The predicted molar refractivity (Wildman–Crippen MR) is 99.2 cm³/mol. The van der Waals surface area contributed by atoms with E-state index in [-0.39, 0.29) is 0 Å². The summed E-state index contributed by atoms with van der Waals surface area (Å²) in [4.78, 5) is 0. The first-order valence-electron chi connectivity index (χ1n) is 7.50. The highest BCUT2D eigenvalue weighted by atomic mass is 35.5. The van der Waals surface area contributed by atoms with Crippen molar-refractivity contribution in [3.8, 4) is 16.9 Å². The second-order valence-electron chi connectivity index (χ2n) is 5.68. The highest BCUT2D eigenvalue weighted by Gasteiger charge is 2.17. The summed E-state index contributed by atoms with van der Waals surface area (Å²) in [6, 6.07) is 9.41. The van der Waals surface area contributed by atoms with Gasteiger partial charge in [-0.15, -0.1) is 5.10 Å². The topological polar surface area (TPSA) is 81.3 Å². The van der Waals surface area contributed by atoms with Gasteiger partial charge in [0.25, 0.3) is 0 Å². The van der Waals surface area contributed by atoms with Crippen molar-refractivity contribution in [2.75, 3.05) is 12.8 Å². The standard InChI is InChI=1S/C17H17BClN3O2/c1-9-12-6-10(4-5-11(12)17(20)22-21-9)13-7-14(18(2)23)15(19)8-16(13)24-3/h4-8,23H,1-3H3,(H2,20,22). The summed E-state index contributed by atoms with van der Waals surface area (Å²) in [7, 11) is 1.59. The molecule has 3 rings (SSSR count). The van der Waals surface area contributed by atoms with Crippen molar-refractivity contribution in [1.82, 2.24) is 10.2 Å². The summed E-state index contributed by atoms with van der Waals surface area (Å²) in [5.74, 6) is 1.03. The summed E-state index contributed by atoms with van der Waals surface area (Å²) < 4.78 is 5.46. The molecule has 24 heavy (non-hydrogen) atoms. The van der Waals surface area contributed by atoms with Crippen LogP contribution in [-0.4, -0.2) is 29.2 Å². The number of halogens is 1. The number of nitrogens with two attached hydrogens (primary N) is 1. The maximum absolute atomic E-state index is 9.93. The molecule has 122 valence electrons. The SMILES string of the molecule is COc1cc(Cl)c(B(C)O)cc1-c1ccc2c(N)nnc(C)c2c1.